The second-order valence-corrected chi connectivity index (χ2v) is 22.9. The quantitative estimate of drug-likeness (QED) is 0.0835. The van der Waals surface area contributed by atoms with Crippen LogP contribution in [0.1, 0.15) is 121 Å². The van der Waals surface area contributed by atoms with Gasteiger partial charge in [-0.2, -0.15) is 0 Å². The van der Waals surface area contributed by atoms with Gasteiger partial charge in [0.25, 0.3) is 0 Å². The maximum absolute atomic E-state index is 13.3. The molecule has 0 unspecified atom stereocenters. The summed E-state index contributed by atoms with van der Waals surface area (Å²) in [7, 11) is 0. The van der Waals surface area contributed by atoms with Crippen LogP contribution in [-0.4, -0.2) is 70.6 Å². The van der Waals surface area contributed by atoms with Crippen molar-refractivity contribution in [1.82, 2.24) is 39.9 Å². The number of fused-ring (bicyclic) bond motifs is 20. The van der Waals surface area contributed by atoms with E-state index < -0.39 is 0 Å². The maximum atomic E-state index is 13.3. The Kier molecular flexibility index (Phi) is 14.6. The first-order valence-electron chi connectivity index (χ1n) is 26.8. The molecule has 0 aliphatic carbocycles. The maximum Gasteiger partial charge on any atom is 0.168 e. The van der Waals surface area contributed by atoms with Crippen LogP contribution in [-0.2, 0) is 0 Å². The second kappa shape index (κ2) is 20.8. The Labute approximate surface area is 435 Å². The van der Waals surface area contributed by atoms with Crippen LogP contribution in [0.4, 0.5) is 0 Å². The molecule has 7 aromatic rings. The van der Waals surface area contributed by atoms with Crippen molar-refractivity contribution in [2.24, 2.45) is 47.3 Å². The normalized spacial score (nSPS) is 12.8. The highest BCUT2D eigenvalue weighted by molar-refractivity contribution is 6.15. The van der Waals surface area contributed by atoms with Crippen LogP contribution in [0.5, 0.6) is 23.0 Å². The van der Waals surface area contributed by atoms with Gasteiger partial charge in [-0.15, -0.1) is 0 Å². The van der Waals surface area contributed by atoms with E-state index in [1.165, 1.54) is 0 Å². The minimum absolute atomic E-state index is 0.0910. The zero-order chi connectivity index (χ0) is 53.0. The van der Waals surface area contributed by atoms with Gasteiger partial charge in [-0.3, -0.25) is 4.79 Å². The summed E-state index contributed by atoms with van der Waals surface area (Å²) in [6, 6.07) is 21.6. The number of hydrogen-bond donors (Lipinski definition) is 2. The SMILES string of the molecule is CC(C)C(Oc1cccc2c1-c1nc-2nc2[nH]c(nc3nc(nc4[nH]c(n1)c1cccc(OC(C(C)C)C(C)C)c41)-c1cccc(OC(C(C)C)C(C)C)c1-3)c1c(C=O)ccc(OC(C(C)C)C(C)C)c21)C(C)C. The molecule has 74 heavy (non-hydrogen) atoms. The number of rotatable bonds is 17. The molecule has 3 aromatic heterocycles. The van der Waals surface area contributed by atoms with Crippen LogP contribution in [0.15, 0.2) is 66.7 Å². The molecule has 0 spiro atoms. The highest BCUT2D eigenvalue weighted by Gasteiger charge is 2.32. The molecule has 13 nitrogen and oxygen atoms in total. The summed E-state index contributed by atoms with van der Waals surface area (Å²) >= 11 is 0. The van der Waals surface area contributed by atoms with E-state index in [1.54, 1.807) is 6.07 Å². The van der Waals surface area contributed by atoms with Gasteiger partial charge in [0.15, 0.2) is 29.6 Å². The van der Waals surface area contributed by atoms with Crippen LogP contribution in [0.25, 0.3) is 89.7 Å². The van der Waals surface area contributed by atoms with Gasteiger partial charge in [-0.1, -0.05) is 147 Å². The van der Waals surface area contributed by atoms with E-state index in [1.807, 2.05) is 60.7 Å². The summed E-state index contributed by atoms with van der Waals surface area (Å²) in [4.78, 5) is 52.8. The Bertz CT molecular complexity index is 3370. The van der Waals surface area contributed by atoms with Gasteiger partial charge in [-0.05, 0) is 77.7 Å². The largest absolute Gasteiger partial charge is 0.489 e. The minimum Gasteiger partial charge on any atom is -0.489 e. The fourth-order valence-corrected chi connectivity index (χ4v) is 11.2. The zero-order valence-electron chi connectivity index (χ0n) is 46.1. The molecule has 0 radical (unpaired) electrons. The van der Waals surface area contributed by atoms with Crippen molar-refractivity contribution in [3.05, 3.63) is 72.3 Å². The molecule has 0 fully saturated rings. The molecular formula is C61H74N8O5. The van der Waals surface area contributed by atoms with Crippen LogP contribution in [0, 0.1) is 47.3 Å². The Hall–Kier alpha value is -6.89. The number of nitrogens with one attached hydrogen (secondary N) is 2. The summed E-state index contributed by atoms with van der Waals surface area (Å²) in [5, 5.41) is 2.68. The highest BCUT2D eigenvalue weighted by atomic mass is 16.5. The van der Waals surface area contributed by atoms with Gasteiger partial charge in [0.1, 0.15) is 70.0 Å². The highest BCUT2D eigenvalue weighted by Crippen LogP contribution is 2.46. The Morgan fingerprint density at radius 3 is 1.16 bits per heavy atom. The average molecular weight is 999 g/mol. The topological polar surface area (TPSA) is 163 Å². The third-order valence-electron chi connectivity index (χ3n) is 14.4. The van der Waals surface area contributed by atoms with E-state index in [9.17, 15) is 4.79 Å². The van der Waals surface area contributed by atoms with Crippen molar-refractivity contribution in [1.29, 1.82) is 0 Å². The average Bonchev–Trinajstić information content (AvgIpc) is 4.09. The number of aldehydes is 1. The molecule has 2 aliphatic rings. The van der Waals surface area contributed by atoms with E-state index in [0.717, 1.165) is 28.2 Å². The molecular weight excluding hydrogens is 925 g/mol. The van der Waals surface area contributed by atoms with Crippen molar-refractivity contribution in [3.8, 4) is 68.5 Å². The number of carbonyl (C=O) groups excluding carboxylic acids is 1. The van der Waals surface area contributed by atoms with Crippen molar-refractivity contribution in [2.75, 3.05) is 0 Å². The van der Waals surface area contributed by atoms with Crippen molar-refractivity contribution in [3.63, 3.8) is 0 Å². The van der Waals surface area contributed by atoms with E-state index in [2.05, 4.69) is 121 Å². The molecule has 8 bridgehead atoms. The second-order valence-electron chi connectivity index (χ2n) is 22.9. The lowest BCUT2D eigenvalue weighted by Gasteiger charge is -2.27. The fourth-order valence-electron chi connectivity index (χ4n) is 11.2. The molecule has 9 rings (SSSR count). The van der Waals surface area contributed by atoms with Gasteiger partial charge >= 0.3 is 0 Å². The van der Waals surface area contributed by atoms with Crippen molar-refractivity contribution >= 4 is 50.4 Å². The third kappa shape index (κ3) is 9.70. The van der Waals surface area contributed by atoms with Crippen molar-refractivity contribution < 1.29 is 23.7 Å². The number of ether oxygens (including phenoxy) is 4. The standard InChI is InChI=1S/C61H74N8O5/c1-29(2)50(30(3)4)71-41-23-17-20-38-46(41)58-62-54(38)63-59-47-39(21-18-24-42(47)72-51(31(5)6)32(7)8)56(65-59)67-61-49-44(74-53(35(13)14)36(15)16)27-26-37(28-70)45(49)57(69-61)68-60-48-40(55(64-58)66-60)22-19-25-43(48)73-52(33(9)10)34(11)12/h17-36,50-53H,1-16H3,(H2,62,63,64,65,66,67,68,69). The molecule has 2 N–H and O–H groups in total. The van der Waals surface area contributed by atoms with Gasteiger partial charge < -0.3 is 28.9 Å². The Morgan fingerprint density at radius 2 is 0.716 bits per heavy atom. The summed E-state index contributed by atoms with van der Waals surface area (Å²) < 4.78 is 28.0. The van der Waals surface area contributed by atoms with Gasteiger partial charge in [0.2, 0.25) is 0 Å². The first kappa shape index (κ1) is 52.0. The predicted molar refractivity (Wildman–Crippen MR) is 298 cm³/mol. The number of carbonyl (C=O) groups is 1. The third-order valence-corrected chi connectivity index (χ3v) is 14.4. The van der Waals surface area contributed by atoms with Gasteiger partial charge in [0, 0.05) is 27.5 Å². The molecule has 4 aromatic carbocycles. The lowest BCUT2D eigenvalue weighted by Crippen LogP contribution is -2.29. The lowest BCUT2D eigenvalue weighted by atomic mass is 9.96. The molecule has 388 valence electrons. The first-order chi connectivity index (χ1) is 35.3. The number of benzene rings is 4. The molecule has 0 saturated carbocycles. The van der Waals surface area contributed by atoms with E-state index in [0.29, 0.717) is 96.3 Å². The Morgan fingerprint density at radius 1 is 0.365 bits per heavy atom. The van der Waals surface area contributed by atoms with Crippen LogP contribution in [0.3, 0.4) is 0 Å². The van der Waals surface area contributed by atoms with Gasteiger partial charge in [-0.25, -0.2) is 29.9 Å². The lowest BCUT2D eigenvalue weighted by molar-refractivity contribution is 0.106. The Balaban J connectivity index is 1.48. The van der Waals surface area contributed by atoms with Crippen LogP contribution >= 0.6 is 0 Å². The molecule has 2 aliphatic heterocycles. The molecule has 13 heteroatoms. The number of hydrogen-bond acceptors (Lipinski definition) is 11. The first-order valence-corrected chi connectivity index (χ1v) is 26.8. The summed E-state index contributed by atoms with van der Waals surface area (Å²) in [5.74, 6) is 5.75. The smallest absolute Gasteiger partial charge is 0.168 e. The van der Waals surface area contributed by atoms with Crippen LogP contribution < -0.4 is 18.9 Å². The fraction of sp³-hybridized carbons (Fsp3) is 0.459. The molecule has 5 heterocycles. The molecule has 0 amide bonds. The number of H-pyrrole nitrogens is 2. The van der Waals surface area contributed by atoms with Crippen LogP contribution in [0.2, 0.25) is 0 Å². The van der Waals surface area contributed by atoms with E-state index in [-0.39, 0.29) is 71.8 Å². The summed E-state index contributed by atoms with van der Waals surface area (Å²) in [5.41, 5.74) is 5.07. The van der Waals surface area contributed by atoms with E-state index >= 15 is 0 Å². The minimum atomic E-state index is -0.157. The summed E-state index contributed by atoms with van der Waals surface area (Å²) in [6.07, 6.45) is 0.381. The number of nitrogens with zero attached hydrogens (tertiary/aromatic N) is 6. The summed E-state index contributed by atoms with van der Waals surface area (Å²) in [6.45, 7) is 34.7. The van der Waals surface area contributed by atoms with Crippen molar-refractivity contribution in [2.45, 2.75) is 135 Å². The monoisotopic (exact) mass is 999 g/mol. The zero-order valence-corrected chi connectivity index (χ0v) is 46.1. The predicted octanol–water partition coefficient (Wildman–Crippen LogP) is 14.9. The van der Waals surface area contributed by atoms with Gasteiger partial charge in [0.05, 0.1) is 21.9 Å². The number of aromatic amines is 2. The molecule has 0 saturated heterocycles. The number of aromatic nitrogens is 8. The van der Waals surface area contributed by atoms with E-state index in [4.69, 9.17) is 48.9 Å². The molecule has 0 atom stereocenters.